The van der Waals surface area contributed by atoms with Crippen molar-refractivity contribution in [1.29, 1.82) is 0 Å². The standard InChI is InChI=1S/C21H31N3O3S/c1-13-11-16(14(2)23-28(26)21(3,4)5)18-17(12-13)20(25)24(6)19(22-18)15-7-9-27-10-8-15/h11-12,14-15,23H,7-10H2,1-6H3/t14-,28?/m0/s1. The minimum Gasteiger partial charge on any atom is -0.598 e. The minimum atomic E-state index is -1.21. The van der Waals surface area contributed by atoms with Gasteiger partial charge in [-0.25, -0.2) is 4.98 Å². The third-order valence-corrected chi connectivity index (χ3v) is 6.96. The molecule has 2 atom stereocenters. The molecule has 1 saturated heterocycles. The van der Waals surface area contributed by atoms with Crippen molar-refractivity contribution in [1.82, 2.24) is 14.3 Å². The zero-order valence-corrected chi connectivity index (χ0v) is 18.5. The summed E-state index contributed by atoms with van der Waals surface area (Å²) in [6, 6.07) is 3.75. The highest BCUT2D eigenvalue weighted by Crippen LogP contribution is 2.29. The molecule has 154 valence electrons. The number of rotatable bonds is 4. The zero-order chi connectivity index (χ0) is 20.6. The zero-order valence-electron chi connectivity index (χ0n) is 17.7. The van der Waals surface area contributed by atoms with Crippen molar-refractivity contribution in [3.8, 4) is 0 Å². The Bertz CT molecular complexity index is 914. The Balaban J connectivity index is 2.12. The predicted molar refractivity (Wildman–Crippen MR) is 114 cm³/mol. The average Bonchev–Trinajstić information content (AvgIpc) is 2.64. The lowest BCUT2D eigenvalue weighted by Gasteiger charge is -2.27. The predicted octanol–water partition coefficient (Wildman–Crippen LogP) is 3.25. The molecule has 28 heavy (non-hydrogen) atoms. The molecule has 0 amide bonds. The first-order chi connectivity index (χ1) is 13.1. The molecule has 2 heterocycles. The Kier molecular flexibility index (Phi) is 6.20. The van der Waals surface area contributed by atoms with Gasteiger partial charge in [0.15, 0.2) is 0 Å². The number of hydrogen-bond acceptors (Lipinski definition) is 5. The van der Waals surface area contributed by atoms with Gasteiger partial charge >= 0.3 is 0 Å². The van der Waals surface area contributed by atoms with E-state index < -0.39 is 11.4 Å². The van der Waals surface area contributed by atoms with E-state index in [4.69, 9.17) is 9.72 Å². The van der Waals surface area contributed by atoms with E-state index in [1.54, 1.807) is 11.6 Å². The van der Waals surface area contributed by atoms with Crippen molar-refractivity contribution in [2.75, 3.05) is 13.2 Å². The molecular weight excluding hydrogens is 374 g/mol. The smallest absolute Gasteiger partial charge is 0.261 e. The van der Waals surface area contributed by atoms with E-state index in [-0.39, 0.29) is 22.3 Å². The highest BCUT2D eigenvalue weighted by molar-refractivity contribution is 7.90. The van der Waals surface area contributed by atoms with Gasteiger partial charge in [-0.3, -0.25) is 9.36 Å². The van der Waals surface area contributed by atoms with E-state index >= 15 is 0 Å². The highest BCUT2D eigenvalue weighted by Gasteiger charge is 2.30. The summed E-state index contributed by atoms with van der Waals surface area (Å²) in [5.41, 5.74) is 2.59. The van der Waals surface area contributed by atoms with Crippen LogP contribution in [0, 0.1) is 6.92 Å². The summed E-state index contributed by atoms with van der Waals surface area (Å²) >= 11 is -1.21. The normalized spacial score (nSPS) is 18.4. The molecule has 1 aromatic carbocycles. The average molecular weight is 406 g/mol. The number of nitrogens with zero attached hydrogens (tertiary/aromatic N) is 2. The molecule has 1 aromatic heterocycles. The lowest BCUT2D eigenvalue weighted by atomic mass is 9.97. The summed E-state index contributed by atoms with van der Waals surface area (Å²) in [5.74, 6) is 1.03. The number of benzene rings is 1. The van der Waals surface area contributed by atoms with Gasteiger partial charge in [0.2, 0.25) is 0 Å². The van der Waals surface area contributed by atoms with Crippen molar-refractivity contribution in [2.24, 2.45) is 7.05 Å². The van der Waals surface area contributed by atoms with Crippen LogP contribution in [-0.4, -0.2) is 32.1 Å². The Morgan fingerprint density at radius 2 is 1.96 bits per heavy atom. The molecule has 1 N–H and O–H groups in total. The maximum absolute atomic E-state index is 13.1. The largest absolute Gasteiger partial charge is 0.598 e. The number of fused-ring (bicyclic) bond motifs is 1. The second-order valence-corrected chi connectivity index (χ2v) is 10.7. The van der Waals surface area contributed by atoms with Crippen LogP contribution in [0.2, 0.25) is 0 Å². The van der Waals surface area contributed by atoms with Crippen molar-refractivity contribution >= 4 is 22.3 Å². The fraction of sp³-hybridized carbons (Fsp3) is 0.619. The molecule has 1 aliphatic heterocycles. The minimum absolute atomic E-state index is 0.0272. The van der Waals surface area contributed by atoms with Crippen LogP contribution in [0.25, 0.3) is 10.9 Å². The Hall–Kier alpha value is -1.41. The van der Waals surface area contributed by atoms with Crippen molar-refractivity contribution in [3.63, 3.8) is 0 Å². The Morgan fingerprint density at radius 1 is 1.32 bits per heavy atom. The maximum Gasteiger partial charge on any atom is 0.261 e. The Labute approximate surface area is 170 Å². The first kappa shape index (κ1) is 21.3. The van der Waals surface area contributed by atoms with Gasteiger partial charge in [-0.1, -0.05) is 6.07 Å². The number of aryl methyl sites for hydroxylation is 1. The summed E-state index contributed by atoms with van der Waals surface area (Å²) in [6.07, 6.45) is 1.74. The fourth-order valence-corrected chi connectivity index (χ4v) is 4.42. The van der Waals surface area contributed by atoms with Crippen molar-refractivity contribution in [3.05, 3.63) is 39.4 Å². The van der Waals surface area contributed by atoms with Crippen LogP contribution in [-0.2, 0) is 23.1 Å². The molecule has 1 fully saturated rings. The SMILES string of the molecule is Cc1cc([C@H](C)N[S+]([O-])C(C)(C)C)c2nc(C3CCOCC3)n(C)c(=O)c2c1. The molecule has 1 aliphatic rings. The maximum atomic E-state index is 13.1. The topological polar surface area (TPSA) is 79.2 Å². The van der Waals surface area contributed by atoms with E-state index in [0.717, 1.165) is 29.8 Å². The molecule has 0 aliphatic carbocycles. The molecule has 0 radical (unpaired) electrons. The van der Waals surface area contributed by atoms with Gasteiger partial charge < -0.3 is 9.29 Å². The van der Waals surface area contributed by atoms with E-state index in [1.165, 1.54) is 0 Å². The van der Waals surface area contributed by atoms with E-state index in [9.17, 15) is 9.35 Å². The van der Waals surface area contributed by atoms with Gasteiger partial charge in [0.25, 0.3) is 5.56 Å². The summed E-state index contributed by atoms with van der Waals surface area (Å²) in [5, 5.41) is 0.614. The first-order valence-corrected chi connectivity index (χ1v) is 11.0. The monoisotopic (exact) mass is 405 g/mol. The number of hydrogen-bond donors (Lipinski definition) is 1. The van der Waals surface area contributed by atoms with Crippen LogP contribution >= 0.6 is 0 Å². The molecule has 7 heteroatoms. The second kappa shape index (κ2) is 8.14. The quantitative estimate of drug-likeness (QED) is 0.790. The molecular formula is C21H31N3O3S. The van der Waals surface area contributed by atoms with Gasteiger partial charge in [0.05, 0.1) is 16.9 Å². The van der Waals surface area contributed by atoms with E-state index in [0.29, 0.717) is 24.1 Å². The van der Waals surface area contributed by atoms with Gasteiger partial charge in [0.1, 0.15) is 10.6 Å². The molecule has 0 spiro atoms. The molecule has 6 nitrogen and oxygen atoms in total. The number of aromatic nitrogens is 2. The summed E-state index contributed by atoms with van der Waals surface area (Å²) < 4.78 is 22.6. The van der Waals surface area contributed by atoms with Crippen molar-refractivity contribution in [2.45, 2.75) is 64.2 Å². The van der Waals surface area contributed by atoms with Gasteiger partial charge in [-0.2, -0.15) is 0 Å². The van der Waals surface area contributed by atoms with Crippen LogP contribution in [0.15, 0.2) is 16.9 Å². The van der Waals surface area contributed by atoms with Gasteiger partial charge in [-0.15, -0.1) is 4.72 Å². The van der Waals surface area contributed by atoms with Gasteiger partial charge in [-0.05, 0) is 59.1 Å². The summed E-state index contributed by atoms with van der Waals surface area (Å²) in [6.45, 7) is 11.2. The molecule has 2 aromatic rings. The molecule has 3 rings (SSSR count). The summed E-state index contributed by atoms with van der Waals surface area (Å²) in [7, 11) is 1.80. The lowest BCUT2D eigenvalue weighted by molar-refractivity contribution is 0.0828. The van der Waals surface area contributed by atoms with Crippen molar-refractivity contribution < 1.29 is 9.29 Å². The molecule has 0 saturated carbocycles. The Morgan fingerprint density at radius 3 is 2.57 bits per heavy atom. The number of nitrogens with one attached hydrogen (secondary N) is 1. The van der Waals surface area contributed by atoms with Crippen LogP contribution < -0.4 is 10.3 Å². The fourth-order valence-electron chi connectivity index (χ4n) is 3.62. The first-order valence-electron chi connectivity index (χ1n) is 9.86. The highest BCUT2D eigenvalue weighted by atomic mass is 32.2. The lowest BCUT2D eigenvalue weighted by Crippen LogP contribution is -2.40. The van der Waals surface area contributed by atoms with Crippen LogP contribution in [0.5, 0.6) is 0 Å². The number of ether oxygens (including phenoxy) is 1. The molecule has 0 bridgehead atoms. The second-order valence-electron chi connectivity index (χ2n) is 8.69. The van der Waals surface area contributed by atoms with E-state index in [2.05, 4.69) is 4.72 Å². The van der Waals surface area contributed by atoms with Crippen LogP contribution in [0.1, 0.15) is 69.4 Å². The molecule has 1 unspecified atom stereocenters. The van der Waals surface area contributed by atoms with Gasteiger partial charge in [0, 0.05) is 43.1 Å². The van der Waals surface area contributed by atoms with E-state index in [1.807, 2.05) is 46.8 Å². The third-order valence-electron chi connectivity index (χ3n) is 5.28. The van der Waals surface area contributed by atoms with Crippen LogP contribution in [0.4, 0.5) is 0 Å². The third kappa shape index (κ3) is 4.27. The van der Waals surface area contributed by atoms with Crippen LogP contribution in [0.3, 0.4) is 0 Å². The summed E-state index contributed by atoms with van der Waals surface area (Å²) in [4.78, 5) is 18.1.